The van der Waals surface area contributed by atoms with Crippen molar-refractivity contribution in [2.75, 3.05) is 19.0 Å². The van der Waals surface area contributed by atoms with Crippen LogP contribution >= 0.6 is 0 Å². The van der Waals surface area contributed by atoms with Gasteiger partial charge in [0.25, 0.3) is 0 Å². The summed E-state index contributed by atoms with van der Waals surface area (Å²) in [5.41, 5.74) is 3.97. The first-order valence-corrected chi connectivity index (χ1v) is 5.54. The number of hydrogen-bond donors (Lipinski definition) is 1. The lowest BCUT2D eigenvalue weighted by Gasteiger charge is -2.13. The topological polar surface area (TPSA) is 36.4 Å². The number of aromatic nitrogens is 1. The van der Waals surface area contributed by atoms with E-state index in [9.17, 15) is 0 Å². The van der Waals surface area contributed by atoms with Crippen LogP contribution in [-0.4, -0.2) is 24.2 Å². The number of benzene rings is 1. The lowest BCUT2D eigenvalue weighted by Crippen LogP contribution is -2.08. The van der Waals surface area contributed by atoms with Crippen LogP contribution in [0.25, 0.3) is 11.3 Å². The molecule has 0 fully saturated rings. The number of anilines is 1. The van der Waals surface area contributed by atoms with Gasteiger partial charge >= 0.3 is 0 Å². The minimum atomic E-state index is 0.0445. The summed E-state index contributed by atoms with van der Waals surface area (Å²) < 4.78 is 0. The Balaban J connectivity index is 2.41. The molecule has 0 saturated carbocycles. The maximum Gasteiger partial charge on any atom is 0.0706 e. The zero-order valence-electron chi connectivity index (χ0n) is 10.1. The zero-order chi connectivity index (χ0) is 12.3. The molecule has 0 unspecified atom stereocenters. The van der Waals surface area contributed by atoms with Crippen molar-refractivity contribution < 1.29 is 5.11 Å². The third-order valence-electron chi connectivity index (χ3n) is 2.67. The van der Waals surface area contributed by atoms with Gasteiger partial charge in [0.15, 0.2) is 0 Å². The molecule has 3 nitrogen and oxygen atoms in total. The Labute approximate surface area is 101 Å². The molecule has 0 aliphatic carbocycles. The molecule has 0 radical (unpaired) electrons. The van der Waals surface area contributed by atoms with Crippen LogP contribution in [0.4, 0.5) is 5.69 Å². The van der Waals surface area contributed by atoms with Gasteiger partial charge in [0.05, 0.1) is 12.3 Å². The van der Waals surface area contributed by atoms with E-state index in [1.807, 2.05) is 38.4 Å². The van der Waals surface area contributed by atoms with Crippen LogP contribution in [0.1, 0.15) is 5.56 Å². The Bertz CT molecular complexity index is 509. The van der Waals surface area contributed by atoms with E-state index < -0.39 is 0 Å². The first-order valence-electron chi connectivity index (χ1n) is 5.54. The predicted octanol–water partition coefficient (Wildman–Crippen LogP) is 2.31. The second-order valence-corrected chi connectivity index (χ2v) is 4.15. The number of aliphatic hydroxyl groups is 1. The molecule has 1 N–H and O–H groups in total. The fraction of sp³-hybridized carbons (Fsp3) is 0.214. The van der Waals surface area contributed by atoms with Crippen molar-refractivity contribution in [2.45, 2.75) is 6.61 Å². The van der Waals surface area contributed by atoms with Crippen molar-refractivity contribution in [3.63, 3.8) is 0 Å². The Morgan fingerprint density at radius 2 is 2.00 bits per heavy atom. The van der Waals surface area contributed by atoms with Gasteiger partial charge < -0.3 is 10.0 Å². The Kier molecular flexibility index (Phi) is 3.40. The smallest absolute Gasteiger partial charge is 0.0706 e. The molecule has 0 aliphatic heterocycles. The van der Waals surface area contributed by atoms with Gasteiger partial charge in [-0.3, -0.25) is 4.98 Å². The van der Waals surface area contributed by atoms with E-state index in [1.54, 1.807) is 6.20 Å². The van der Waals surface area contributed by atoms with Crippen LogP contribution < -0.4 is 4.90 Å². The van der Waals surface area contributed by atoms with Gasteiger partial charge in [0.1, 0.15) is 0 Å². The van der Waals surface area contributed by atoms with Crippen molar-refractivity contribution in [3.05, 3.63) is 48.2 Å². The van der Waals surface area contributed by atoms with Gasteiger partial charge in [0.2, 0.25) is 0 Å². The third-order valence-corrected chi connectivity index (χ3v) is 2.67. The summed E-state index contributed by atoms with van der Waals surface area (Å²) in [7, 11) is 4.02. The Morgan fingerprint density at radius 1 is 1.18 bits per heavy atom. The lowest BCUT2D eigenvalue weighted by molar-refractivity contribution is 0.282. The van der Waals surface area contributed by atoms with Crippen molar-refractivity contribution in [3.8, 4) is 11.3 Å². The normalized spacial score (nSPS) is 10.3. The second kappa shape index (κ2) is 4.97. The van der Waals surface area contributed by atoms with Gasteiger partial charge in [-0.05, 0) is 29.8 Å². The molecule has 17 heavy (non-hydrogen) atoms. The van der Waals surface area contributed by atoms with Crippen LogP contribution in [-0.2, 0) is 6.61 Å². The lowest BCUT2D eigenvalue weighted by atomic mass is 10.1. The molecule has 2 rings (SSSR count). The number of pyridine rings is 1. The summed E-state index contributed by atoms with van der Waals surface area (Å²) in [6.45, 7) is 0.0445. The molecule has 2 aromatic rings. The zero-order valence-corrected chi connectivity index (χ0v) is 10.1. The molecule has 1 heterocycles. The van der Waals surface area contributed by atoms with Gasteiger partial charge in [-0.25, -0.2) is 0 Å². The number of nitrogens with zero attached hydrogens (tertiary/aromatic N) is 2. The molecule has 0 amide bonds. The van der Waals surface area contributed by atoms with Crippen molar-refractivity contribution >= 4 is 5.69 Å². The van der Waals surface area contributed by atoms with Crippen molar-refractivity contribution in [1.82, 2.24) is 4.98 Å². The Morgan fingerprint density at radius 3 is 2.71 bits per heavy atom. The highest BCUT2D eigenvalue weighted by atomic mass is 16.3. The molecule has 0 spiro atoms. The number of hydrogen-bond acceptors (Lipinski definition) is 3. The molecule has 0 atom stereocenters. The highest BCUT2D eigenvalue weighted by Crippen LogP contribution is 2.22. The minimum absolute atomic E-state index is 0.0445. The average Bonchev–Trinajstić information content (AvgIpc) is 2.39. The number of rotatable bonds is 3. The summed E-state index contributed by atoms with van der Waals surface area (Å²) in [6.07, 6.45) is 1.73. The largest absolute Gasteiger partial charge is 0.392 e. The average molecular weight is 228 g/mol. The molecule has 3 heteroatoms. The van der Waals surface area contributed by atoms with E-state index in [0.29, 0.717) is 0 Å². The standard InChI is InChI=1S/C14H16N2O/c1-16(2)13-5-3-4-12(9-13)14-8-11(10-17)6-7-15-14/h3-9,17H,10H2,1-2H3. The van der Waals surface area contributed by atoms with Crippen LogP contribution in [0.3, 0.4) is 0 Å². The fourth-order valence-corrected chi connectivity index (χ4v) is 1.67. The highest BCUT2D eigenvalue weighted by molar-refractivity contribution is 5.65. The fourth-order valence-electron chi connectivity index (χ4n) is 1.67. The molecule has 1 aromatic heterocycles. The van der Waals surface area contributed by atoms with E-state index >= 15 is 0 Å². The van der Waals surface area contributed by atoms with Crippen LogP contribution in [0.2, 0.25) is 0 Å². The molecule has 1 aromatic carbocycles. The molecule has 88 valence electrons. The quantitative estimate of drug-likeness (QED) is 0.875. The molecular weight excluding hydrogens is 212 g/mol. The monoisotopic (exact) mass is 228 g/mol. The van der Waals surface area contributed by atoms with Crippen molar-refractivity contribution in [2.24, 2.45) is 0 Å². The van der Waals surface area contributed by atoms with E-state index in [1.165, 1.54) is 0 Å². The molecule has 0 aliphatic rings. The van der Waals surface area contributed by atoms with Crippen LogP contribution in [0.5, 0.6) is 0 Å². The molecular formula is C14H16N2O. The maximum absolute atomic E-state index is 9.12. The van der Waals surface area contributed by atoms with Crippen molar-refractivity contribution in [1.29, 1.82) is 0 Å². The van der Waals surface area contributed by atoms with E-state index in [2.05, 4.69) is 22.0 Å². The molecule has 0 saturated heterocycles. The highest BCUT2D eigenvalue weighted by Gasteiger charge is 2.02. The SMILES string of the molecule is CN(C)c1cccc(-c2cc(CO)ccn2)c1. The predicted molar refractivity (Wildman–Crippen MR) is 69.9 cm³/mol. The third kappa shape index (κ3) is 2.63. The first-order chi connectivity index (χ1) is 8.20. The van der Waals surface area contributed by atoms with Gasteiger partial charge in [-0.1, -0.05) is 12.1 Å². The van der Waals surface area contributed by atoms with Gasteiger partial charge in [-0.15, -0.1) is 0 Å². The Hall–Kier alpha value is -1.87. The van der Waals surface area contributed by atoms with Crippen LogP contribution in [0, 0.1) is 0 Å². The van der Waals surface area contributed by atoms with E-state index in [0.717, 1.165) is 22.5 Å². The summed E-state index contributed by atoms with van der Waals surface area (Å²) >= 11 is 0. The maximum atomic E-state index is 9.12. The summed E-state index contributed by atoms with van der Waals surface area (Å²) in [5, 5.41) is 9.12. The van der Waals surface area contributed by atoms with Gasteiger partial charge in [0, 0.05) is 31.5 Å². The van der Waals surface area contributed by atoms with E-state index in [4.69, 9.17) is 5.11 Å². The summed E-state index contributed by atoms with van der Waals surface area (Å²) in [4.78, 5) is 6.38. The van der Waals surface area contributed by atoms with Crippen LogP contribution in [0.15, 0.2) is 42.6 Å². The van der Waals surface area contributed by atoms with E-state index in [-0.39, 0.29) is 6.61 Å². The first kappa shape index (κ1) is 11.6. The number of aliphatic hydroxyl groups excluding tert-OH is 1. The summed E-state index contributed by atoms with van der Waals surface area (Å²) in [6, 6.07) is 11.9. The molecule has 0 bridgehead atoms. The van der Waals surface area contributed by atoms with Gasteiger partial charge in [-0.2, -0.15) is 0 Å². The summed E-state index contributed by atoms with van der Waals surface area (Å²) in [5.74, 6) is 0. The minimum Gasteiger partial charge on any atom is -0.392 e. The second-order valence-electron chi connectivity index (χ2n) is 4.15.